The van der Waals surface area contributed by atoms with E-state index >= 15 is 0 Å². The maximum atomic E-state index is 13.2. The molecule has 0 saturated carbocycles. The fourth-order valence-corrected chi connectivity index (χ4v) is 4.51. The number of carbonyl (C=O) groups is 2. The van der Waals surface area contributed by atoms with E-state index in [9.17, 15) is 18.0 Å². The highest BCUT2D eigenvalue weighted by Gasteiger charge is 2.32. The van der Waals surface area contributed by atoms with Gasteiger partial charge in [0, 0.05) is 30.4 Å². The van der Waals surface area contributed by atoms with Crippen molar-refractivity contribution in [1.82, 2.24) is 4.90 Å². The van der Waals surface area contributed by atoms with Gasteiger partial charge in [0.15, 0.2) is 9.84 Å². The number of hydrogen-bond donors (Lipinski definition) is 2. The van der Waals surface area contributed by atoms with Crippen LogP contribution < -0.4 is 10.6 Å². The maximum Gasteiger partial charge on any atom is 0.246 e. The van der Waals surface area contributed by atoms with Gasteiger partial charge in [-0.25, -0.2) is 8.42 Å². The van der Waals surface area contributed by atoms with Crippen LogP contribution in [-0.4, -0.2) is 49.7 Å². The van der Waals surface area contributed by atoms with E-state index in [4.69, 9.17) is 0 Å². The molecule has 0 spiro atoms. The van der Waals surface area contributed by atoms with Crippen molar-refractivity contribution >= 4 is 33.0 Å². The van der Waals surface area contributed by atoms with E-state index in [2.05, 4.69) is 10.6 Å². The summed E-state index contributed by atoms with van der Waals surface area (Å²) >= 11 is 0. The van der Waals surface area contributed by atoms with Crippen LogP contribution in [-0.2, 0) is 19.4 Å². The molecular weight excluding hydrogens is 402 g/mol. The second-order valence-corrected chi connectivity index (χ2v) is 10.0. The highest BCUT2D eigenvalue weighted by Crippen LogP contribution is 2.25. The van der Waals surface area contributed by atoms with Crippen LogP contribution in [0.4, 0.5) is 11.4 Å². The minimum absolute atomic E-state index is 0.0495. The molecule has 0 aliphatic carbocycles. The van der Waals surface area contributed by atoms with Gasteiger partial charge in [-0.15, -0.1) is 0 Å². The number of benzene rings is 2. The molecule has 2 aromatic carbocycles. The van der Waals surface area contributed by atoms with Crippen molar-refractivity contribution in [3.8, 4) is 0 Å². The lowest BCUT2D eigenvalue weighted by Crippen LogP contribution is -2.46. The smallest absolute Gasteiger partial charge is 0.246 e. The molecule has 2 amide bonds. The fourth-order valence-electron chi connectivity index (χ4n) is 3.28. The van der Waals surface area contributed by atoms with Gasteiger partial charge in [-0.05, 0) is 29.8 Å². The fraction of sp³-hybridized carbons (Fsp3) is 0.364. The summed E-state index contributed by atoms with van der Waals surface area (Å²) in [5.74, 6) is -0.318. The summed E-state index contributed by atoms with van der Waals surface area (Å²) in [5, 5.41) is 5.73. The summed E-state index contributed by atoms with van der Waals surface area (Å²) in [6.45, 7) is 4.27. The van der Waals surface area contributed by atoms with Crippen molar-refractivity contribution in [1.29, 1.82) is 0 Å². The summed E-state index contributed by atoms with van der Waals surface area (Å²) in [7, 11) is -3.04. The number of hydrogen-bond acceptors (Lipinski definition) is 5. The Bertz CT molecular complexity index is 975. The SMILES string of the molecule is CC(C)C(=O)Nc1ccc(NC(=O)C(c2ccccc2)N2CCS(=O)(=O)CC2)cc1. The molecule has 0 bridgehead atoms. The topological polar surface area (TPSA) is 95.6 Å². The average molecular weight is 430 g/mol. The first-order valence-corrected chi connectivity index (χ1v) is 11.8. The molecule has 1 atom stereocenters. The van der Waals surface area contributed by atoms with Crippen molar-refractivity contribution in [3.63, 3.8) is 0 Å². The summed E-state index contributed by atoms with van der Waals surface area (Å²) in [4.78, 5) is 26.9. The van der Waals surface area contributed by atoms with Crippen molar-refractivity contribution < 1.29 is 18.0 Å². The van der Waals surface area contributed by atoms with E-state index in [-0.39, 0.29) is 29.2 Å². The molecule has 1 aliphatic rings. The molecular formula is C22H27N3O4S. The minimum Gasteiger partial charge on any atom is -0.326 e. The Morgan fingerprint density at radius 3 is 1.83 bits per heavy atom. The van der Waals surface area contributed by atoms with E-state index in [0.717, 1.165) is 5.56 Å². The van der Waals surface area contributed by atoms with Crippen LogP contribution in [0, 0.1) is 5.92 Å². The molecule has 2 N–H and O–H groups in total. The van der Waals surface area contributed by atoms with Crippen LogP contribution in [0.1, 0.15) is 25.5 Å². The highest BCUT2D eigenvalue weighted by molar-refractivity contribution is 7.91. The molecule has 1 fully saturated rings. The Kier molecular flexibility index (Phi) is 6.89. The van der Waals surface area contributed by atoms with Crippen molar-refractivity contribution in [2.45, 2.75) is 19.9 Å². The van der Waals surface area contributed by atoms with Gasteiger partial charge >= 0.3 is 0 Å². The molecule has 0 radical (unpaired) electrons. The average Bonchev–Trinajstić information content (AvgIpc) is 2.71. The molecule has 8 heteroatoms. The van der Waals surface area contributed by atoms with Gasteiger partial charge in [0.1, 0.15) is 6.04 Å². The Labute approximate surface area is 177 Å². The number of sulfone groups is 1. The number of nitrogens with zero attached hydrogens (tertiary/aromatic N) is 1. The van der Waals surface area contributed by atoms with Gasteiger partial charge in [-0.2, -0.15) is 0 Å². The summed E-state index contributed by atoms with van der Waals surface area (Å²) in [6.07, 6.45) is 0. The summed E-state index contributed by atoms with van der Waals surface area (Å²) < 4.78 is 23.6. The number of nitrogens with one attached hydrogen (secondary N) is 2. The lowest BCUT2D eigenvalue weighted by Gasteiger charge is -2.33. The molecule has 2 aromatic rings. The third-order valence-electron chi connectivity index (χ3n) is 5.05. The standard InChI is InChI=1S/C22H27N3O4S/c1-16(2)21(26)23-18-8-10-19(11-9-18)24-22(27)20(17-6-4-3-5-7-17)25-12-14-30(28,29)15-13-25/h3-11,16,20H,12-15H2,1-2H3,(H,23,26)(H,24,27). The monoisotopic (exact) mass is 429 g/mol. The van der Waals surface area contributed by atoms with Crippen LogP contribution in [0.15, 0.2) is 54.6 Å². The van der Waals surface area contributed by atoms with Gasteiger partial charge in [-0.3, -0.25) is 14.5 Å². The first-order valence-electron chi connectivity index (χ1n) is 9.96. The molecule has 1 saturated heterocycles. The van der Waals surface area contributed by atoms with Gasteiger partial charge in [-0.1, -0.05) is 44.2 Å². The molecule has 0 aromatic heterocycles. The van der Waals surface area contributed by atoms with Crippen molar-refractivity contribution in [2.75, 3.05) is 35.2 Å². The highest BCUT2D eigenvalue weighted by atomic mass is 32.2. The maximum absolute atomic E-state index is 13.2. The Morgan fingerprint density at radius 2 is 1.33 bits per heavy atom. The lowest BCUT2D eigenvalue weighted by atomic mass is 10.0. The van der Waals surface area contributed by atoms with E-state index in [1.807, 2.05) is 49.1 Å². The van der Waals surface area contributed by atoms with Gasteiger partial charge < -0.3 is 10.6 Å². The minimum atomic E-state index is -3.04. The number of amides is 2. The predicted molar refractivity (Wildman–Crippen MR) is 118 cm³/mol. The zero-order valence-corrected chi connectivity index (χ0v) is 18.0. The van der Waals surface area contributed by atoms with Gasteiger partial charge in [0.05, 0.1) is 11.5 Å². The Balaban J connectivity index is 1.74. The quantitative estimate of drug-likeness (QED) is 0.736. The largest absolute Gasteiger partial charge is 0.326 e. The van der Waals surface area contributed by atoms with E-state index < -0.39 is 15.9 Å². The van der Waals surface area contributed by atoms with Crippen LogP contribution >= 0.6 is 0 Å². The molecule has 1 aliphatic heterocycles. The number of carbonyl (C=O) groups excluding carboxylic acids is 2. The lowest BCUT2D eigenvalue weighted by molar-refractivity contribution is -0.121. The second-order valence-electron chi connectivity index (χ2n) is 7.71. The summed E-state index contributed by atoms with van der Waals surface area (Å²) in [5.41, 5.74) is 2.08. The van der Waals surface area contributed by atoms with E-state index in [0.29, 0.717) is 24.5 Å². The molecule has 30 heavy (non-hydrogen) atoms. The van der Waals surface area contributed by atoms with Gasteiger partial charge in [0.25, 0.3) is 0 Å². The molecule has 3 rings (SSSR count). The van der Waals surface area contributed by atoms with Crippen LogP contribution in [0.2, 0.25) is 0 Å². The predicted octanol–water partition coefficient (Wildman–Crippen LogP) is 2.69. The zero-order chi connectivity index (χ0) is 21.7. The molecule has 7 nitrogen and oxygen atoms in total. The van der Waals surface area contributed by atoms with E-state index in [1.54, 1.807) is 24.3 Å². The molecule has 160 valence electrons. The normalized spacial score (nSPS) is 17.3. The van der Waals surface area contributed by atoms with E-state index in [1.165, 1.54) is 0 Å². The number of anilines is 2. The Hall–Kier alpha value is -2.71. The third kappa shape index (κ3) is 5.67. The van der Waals surface area contributed by atoms with Crippen LogP contribution in [0.5, 0.6) is 0 Å². The second kappa shape index (κ2) is 9.40. The number of rotatable bonds is 6. The molecule has 1 unspecified atom stereocenters. The first-order chi connectivity index (χ1) is 14.2. The molecule has 1 heterocycles. The zero-order valence-electron chi connectivity index (χ0n) is 17.2. The van der Waals surface area contributed by atoms with Crippen LogP contribution in [0.25, 0.3) is 0 Å². The van der Waals surface area contributed by atoms with Gasteiger partial charge in [0.2, 0.25) is 11.8 Å². The van der Waals surface area contributed by atoms with Crippen molar-refractivity contribution in [3.05, 3.63) is 60.2 Å². The Morgan fingerprint density at radius 1 is 0.833 bits per heavy atom. The summed E-state index contributed by atoms with van der Waals surface area (Å²) in [6, 6.07) is 15.7. The third-order valence-corrected chi connectivity index (χ3v) is 6.66. The first kappa shape index (κ1) is 22.0. The van der Waals surface area contributed by atoms with Crippen molar-refractivity contribution in [2.24, 2.45) is 5.92 Å². The van der Waals surface area contributed by atoms with Crippen LogP contribution in [0.3, 0.4) is 0 Å².